The van der Waals surface area contributed by atoms with Crippen LogP contribution in [0.25, 0.3) is 0 Å². The molecule has 2 aromatic carbocycles. The number of ether oxygens (including phenoxy) is 2. The van der Waals surface area contributed by atoms with E-state index < -0.39 is 9.74 Å². The predicted octanol–water partition coefficient (Wildman–Crippen LogP) is 8.20. The number of rotatable bonds is 15. The molecule has 2 aromatic rings. The first-order valence-corrected chi connectivity index (χ1v) is 14.0. The predicted molar refractivity (Wildman–Crippen MR) is 150 cm³/mol. The van der Waals surface area contributed by atoms with Crippen molar-refractivity contribution in [2.24, 2.45) is 5.41 Å². The van der Waals surface area contributed by atoms with Crippen LogP contribution in [0.2, 0.25) is 0 Å². The average Bonchev–Trinajstić information content (AvgIpc) is 2.86. The quantitative estimate of drug-likeness (QED) is 0.125. The highest BCUT2D eigenvalue weighted by molar-refractivity contribution is 9.10. The van der Waals surface area contributed by atoms with E-state index in [9.17, 15) is 9.59 Å². The highest BCUT2D eigenvalue weighted by Crippen LogP contribution is 2.36. The van der Waals surface area contributed by atoms with E-state index in [4.69, 9.17) is 9.47 Å². The summed E-state index contributed by atoms with van der Waals surface area (Å²) in [5.41, 5.74) is 1.93. The minimum atomic E-state index is -0.928. The number of hydrogen-bond donors (Lipinski definition) is 0. The van der Waals surface area contributed by atoms with Crippen LogP contribution < -0.4 is 0 Å². The maximum absolute atomic E-state index is 12.8. The van der Waals surface area contributed by atoms with Gasteiger partial charge in [-0.2, -0.15) is 0 Å². The van der Waals surface area contributed by atoms with E-state index in [-0.39, 0.29) is 11.9 Å². The van der Waals surface area contributed by atoms with Crippen molar-refractivity contribution in [1.82, 2.24) is 0 Å². The highest BCUT2D eigenvalue weighted by atomic mass is 79.9. The van der Waals surface area contributed by atoms with Gasteiger partial charge in [0, 0.05) is 0 Å². The molecule has 2 rings (SSSR count). The van der Waals surface area contributed by atoms with E-state index in [0.29, 0.717) is 31.5 Å². The summed E-state index contributed by atoms with van der Waals surface area (Å²) in [6.45, 7) is 10.4. The molecule has 0 aliphatic carbocycles. The van der Waals surface area contributed by atoms with Gasteiger partial charge in [0.1, 0.15) is 4.32 Å². The summed E-state index contributed by atoms with van der Waals surface area (Å²) in [6, 6.07) is 21.4. The van der Waals surface area contributed by atoms with Crippen LogP contribution in [0.15, 0.2) is 60.7 Å². The molecule has 3 unspecified atom stereocenters. The number of carbonyl (C=O) groups excluding carboxylic acids is 2. The van der Waals surface area contributed by atoms with E-state index in [1.165, 1.54) is 11.1 Å². The number of esters is 2. The molecule has 4 nitrogen and oxygen atoms in total. The Morgan fingerprint density at radius 1 is 0.833 bits per heavy atom. The molecule has 5 heteroatoms. The number of carbonyl (C=O) groups is 2. The summed E-state index contributed by atoms with van der Waals surface area (Å²) >= 11 is 3.47. The number of hydrogen-bond acceptors (Lipinski definition) is 4. The van der Waals surface area contributed by atoms with Crippen LogP contribution in [-0.4, -0.2) is 29.5 Å². The standard InChI is InChI=1S/C31H43BrO4/c1-6-20-35-29(34)31(5,32)23-30(3,4)28(33)36-21-14-13-19-27(26-17-11-8-12-18-26)22-24(2)25-15-9-7-10-16-25/h7-12,15-18,24,27H,6,13-14,19-23H2,1-5H3. The first-order chi connectivity index (χ1) is 17.1. The smallest absolute Gasteiger partial charge is 0.322 e. The van der Waals surface area contributed by atoms with Gasteiger partial charge in [0.25, 0.3) is 0 Å². The second-order valence-corrected chi connectivity index (χ2v) is 12.4. The van der Waals surface area contributed by atoms with Crippen molar-refractivity contribution in [1.29, 1.82) is 0 Å². The fraction of sp³-hybridized carbons (Fsp3) is 0.548. The van der Waals surface area contributed by atoms with Crippen molar-refractivity contribution in [2.45, 2.75) is 89.3 Å². The molecular formula is C31H43BrO4. The van der Waals surface area contributed by atoms with Crippen molar-refractivity contribution >= 4 is 27.9 Å². The molecule has 0 aliphatic heterocycles. The second kappa shape index (κ2) is 14.6. The van der Waals surface area contributed by atoms with Crippen LogP contribution in [0, 0.1) is 5.41 Å². The van der Waals surface area contributed by atoms with Gasteiger partial charge < -0.3 is 9.47 Å². The van der Waals surface area contributed by atoms with E-state index >= 15 is 0 Å². The summed E-state index contributed by atoms with van der Waals surface area (Å²) in [5.74, 6) is 0.296. The fourth-order valence-corrected chi connectivity index (χ4v) is 5.48. The summed E-state index contributed by atoms with van der Waals surface area (Å²) < 4.78 is 9.98. The van der Waals surface area contributed by atoms with Crippen LogP contribution in [0.3, 0.4) is 0 Å². The SMILES string of the molecule is CCCOC(=O)C(C)(Br)CC(C)(C)C(=O)OCCCCC(CC(C)c1ccccc1)c1ccccc1. The lowest BCUT2D eigenvalue weighted by atomic mass is 9.83. The van der Waals surface area contributed by atoms with Crippen LogP contribution >= 0.6 is 15.9 Å². The Balaban J connectivity index is 1.85. The molecular weight excluding hydrogens is 516 g/mol. The van der Waals surface area contributed by atoms with Crippen molar-refractivity contribution in [2.75, 3.05) is 13.2 Å². The Labute approximate surface area is 226 Å². The Bertz CT molecular complexity index is 924. The zero-order chi connectivity index (χ0) is 26.6. The fourth-order valence-electron chi connectivity index (χ4n) is 4.66. The van der Waals surface area contributed by atoms with Crippen molar-refractivity contribution < 1.29 is 19.1 Å². The lowest BCUT2D eigenvalue weighted by Crippen LogP contribution is -2.39. The minimum absolute atomic E-state index is 0.284. The molecule has 0 spiro atoms. The van der Waals surface area contributed by atoms with Crippen molar-refractivity contribution in [3.63, 3.8) is 0 Å². The third-order valence-electron chi connectivity index (χ3n) is 6.65. The van der Waals surface area contributed by atoms with Gasteiger partial charge in [0.15, 0.2) is 0 Å². The second-order valence-electron chi connectivity index (χ2n) is 10.7. The molecule has 0 aromatic heterocycles. The third-order valence-corrected chi connectivity index (χ3v) is 7.25. The van der Waals surface area contributed by atoms with E-state index in [0.717, 1.165) is 32.1 Å². The first-order valence-electron chi connectivity index (χ1n) is 13.2. The average molecular weight is 560 g/mol. The molecule has 198 valence electrons. The van der Waals surface area contributed by atoms with Gasteiger partial charge in [-0.25, -0.2) is 0 Å². The number of alkyl halides is 1. The Morgan fingerprint density at radius 3 is 1.97 bits per heavy atom. The van der Waals surface area contributed by atoms with E-state index in [1.807, 2.05) is 20.8 Å². The lowest BCUT2D eigenvalue weighted by Gasteiger charge is -2.30. The number of halogens is 1. The van der Waals surface area contributed by atoms with E-state index in [1.54, 1.807) is 6.92 Å². The van der Waals surface area contributed by atoms with Crippen LogP contribution in [0.4, 0.5) is 0 Å². The van der Waals surface area contributed by atoms with Gasteiger partial charge in [-0.1, -0.05) is 90.4 Å². The summed E-state index contributed by atoms with van der Waals surface area (Å²) in [7, 11) is 0. The van der Waals surface area contributed by atoms with Crippen molar-refractivity contribution in [3.05, 3.63) is 71.8 Å². The topological polar surface area (TPSA) is 52.6 Å². The molecule has 0 amide bonds. The summed E-state index contributed by atoms with van der Waals surface area (Å²) in [6.07, 6.45) is 4.98. The van der Waals surface area contributed by atoms with Gasteiger partial charge in [-0.05, 0) is 82.3 Å². The normalized spacial score (nSPS) is 14.9. The van der Waals surface area contributed by atoms with Gasteiger partial charge in [0.05, 0.1) is 18.6 Å². The van der Waals surface area contributed by atoms with Gasteiger partial charge in [-0.15, -0.1) is 0 Å². The molecule has 36 heavy (non-hydrogen) atoms. The zero-order valence-corrected chi connectivity index (χ0v) is 24.2. The maximum Gasteiger partial charge on any atom is 0.322 e. The Kier molecular flexibility index (Phi) is 12.2. The molecule has 0 radical (unpaired) electrons. The number of benzene rings is 2. The van der Waals surface area contributed by atoms with Crippen molar-refractivity contribution in [3.8, 4) is 0 Å². The molecule has 0 saturated carbocycles. The minimum Gasteiger partial charge on any atom is -0.465 e. The molecule has 0 bridgehead atoms. The maximum atomic E-state index is 12.8. The molecule has 0 saturated heterocycles. The molecule has 0 aliphatic rings. The highest BCUT2D eigenvalue weighted by Gasteiger charge is 2.42. The largest absolute Gasteiger partial charge is 0.465 e. The number of unbranched alkanes of at least 4 members (excludes halogenated alkanes) is 1. The van der Waals surface area contributed by atoms with Crippen LogP contribution in [-0.2, 0) is 19.1 Å². The molecule has 0 heterocycles. The lowest BCUT2D eigenvalue weighted by molar-refractivity contribution is -0.156. The Morgan fingerprint density at radius 2 is 1.39 bits per heavy atom. The molecule has 3 atom stereocenters. The monoisotopic (exact) mass is 558 g/mol. The van der Waals surface area contributed by atoms with Gasteiger partial charge in [-0.3, -0.25) is 9.59 Å². The van der Waals surface area contributed by atoms with Gasteiger partial charge >= 0.3 is 11.9 Å². The van der Waals surface area contributed by atoms with Crippen LogP contribution in [0.5, 0.6) is 0 Å². The summed E-state index contributed by atoms with van der Waals surface area (Å²) in [5, 5.41) is 0. The Hall–Kier alpha value is -2.14. The molecule has 0 fully saturated rings. The molecule has 0 N–H and O–H groups in total. The van der Waals surface area contributed by atoms with Gasteiger partial charge in [0.2, 0.25) is 0 Å². The van der Waals surface area contributed by atoms with E-state index in [2.05, 4.69) is 83.5 Å². The zero-order valence-electron chi connectivity index (χ0n) is 22.6. The summed E-state index contributed by atoms with van der Waals surface area (Å²) in [4.78, 5) is 25.2. The third kappa shape index (κ3) is 9.72. The first kappa shape index (κ1) is 30.1. The van der Waals surface area contributed by atoms with Crippen LogP contribution in [0.1, 0.15) is 96.1 Å².